The molecule has 3 aromatic heterocycles. The number of benzene rings is 1. The maximum Gasteiger partial charge on any atom is 0.319 e. The van der Waals surface area contributed by atoms with E-state index in [0.717, 1.165) is 44.8 Å². The zero-order valence-corrected chi connectivity index (χ0v) is 18.8. The van der Waals surface area contributed by atoms with Crippen LogP contribution < -0.4 is 10.6 Å². The van der Waals surface area contributed by atoms with E-state index in [2.05, 4.69) is 25.7 Å². The second kappa shape index (κ2) is 10.1. The summed E-state index contributed by atoms with van der Waals surface area (Å²) < 4.78 is 1.80. The van der Waals surface area contributed by atoms with Crippen LogP contribution >= 0.6 is 11.8 Å². The highest BCUT2D eigenvalue weighted by Gasteiger charge is 2.07. The Labute approximate surface area is 191 Å². The molecule has 1 aromatic carbocycles. The molecular weight excluding hydrogens is 420 g/mol. The Morgan fingerprint density at radius 2 is 1.91 bits per heavy atom. The molecule has 8 heteroatoms. The molecule has 0 aliphatic rings. The minimum atomic E-state index is -0.262. The molecule has 0 atom stereocenters. The molecule has 0 saturated heterocycles. The van der Waals surface area contributed by atoms with Gasteiger partial charge in [-0.3, -0.25) is 0 Å². The van der Waals surface area contributed by atoms with Gasteiger partial charge in [-0.1, -0.05) is 24.3 Å². The normalized spacial score (nSPS) is 10.7. The predicted molar refractivity (Wildman–Crippen MR) is 127 cm³/mol. The molecule has 0 aliphatic carbocycles. The van der Waals surface area contributed by atoms with Crippen LogP contribution in [0.3, 0.4) is 0 Å². The topological polar surface area (TPSA) is 84.7 Å². The number of carbonyl (C=O) groups is 1. The van der Waals surface area contributed by atoms with E-state index in [0.29, 0.717) is 6.54 Å². The molecular formula is C24H24N6OS. The third kappa shape index (κ3) is 5.73. The number of nitrogens with one attached hydrogen (secondary N) is 2. The third-order valence-corrected chi connectivity index (χ3v) is 5.71. The Balaban J connectivity index is 1.29. The van der Waals surface area contributed by atoms with Crippen molar-refractivity contribution in [3.8, 4) is 5.82 Å². The molecule has 4 aromatic rings. The lowest BCUT2D eigenvalue weighted by molar-refractivity contribution is 0.251. The van der Waals surface area contributed by atoms with Gasteiger partial charge in [0, 0.05) is 36.1 Å². The number of carbonyl (C=O) groups excluding carboxylic acids is 1. The number of hydrogen-bond acceptors (Lipinski definition) is 5. The molecule has 0 unspecified atom stereocenters. The molecule has 32 heavy (non-hydrogen) atoms. The van der Waals surface area contributed by atoms with E-state index in [4.69, 9.17) is 0 Å². The second-order valence-corrected chi connectivity index (χ2v) is 8.32. The number of hydrogen-bond donors (Lipinski definition) is 2. The minimum Gasteiger partial charge on any atom is -0.334 e. The van der Waals surface area contributed by atoms with Crippen molar-refractivity contribution < 1.29 is 4.79 Å². The number of nitrogens with zero attached hydrogens (tertiary/aromatic N) is 4. The highest BCUT2D eigenvalue weighted by Crippen LogP contribution is 2.22. The molecule has 0 saturated carbocycles. The lowest BCUT2D eigenvalue weighted by atomic mass is 10.2. The monoisotopic (exact) mass is 444 g/mol. The van der Waals surface area contributed by atoms with E-state index < -0.39 is 0 Å². The number of thioether (sulfide) groups is 1. The summed E-state index contributed by atoms with van der Waals surface area (Å²) in [5.74, 6) is 1.53. The van der Waals surface area contributed by atoms with Gasteiger partial charge in [0.2, 0.25) is 0 Å². The SMILES string of the molecule is Cc1cc(C)n(-c2ccc(CNC(=O)Nc3cccc(CSc4ccccn4)c3)cn2)n1. The summed E-state index contributed by atoms with van der Waals surface area (Å²) in [5.41, 5.74) is 4.75. The van der Waals surface area contributed by atoms with Crippen LogP contribution in [0, 0.1) is 13.8 Å². The average molecular weight is 445 g/mol. The van der Waals surface area contributed by atoms with E-state index >= 15 is 0 Å². The largest absolute Gasteiger partial charge is 0.334 e. The maximum atomic E-state index is 12.3. The standard InChI is InChI=1S/C24H24N6OS/c1-17-12-18(2)30(29-17)22-10-9-20(14-26-22)15-27-24(31)28-21-7-5-6-19(13-21)16-32-23-8-3-4-11-25-23/h3-14H,15-16H2,1-2H3,(H2,27,28,31). The van der Waals surface area contributed by atoms with Crippen molar-refractivity contribution in [2.45, 2.75) is 31.2 Å². The summed E-state index contributed by atoms with van der Waals surface area (Å²) in [6, 6.07) is 19.3. The highest BCUT2D eigenvalue weighted by molar-refractivity contribution is 7.98. The van der Waals surface area contributed by atoms with E-state index in [1.807, 2.05) is 74.5 Å². The molecule has 2 amide bonds. The van der Waals surface area contributed by atoms with Crippen LogP contribution in [0.15, 0.2) is 78.1 Å². The summed E-state index contributed by atoms with van der Waals surface area (Å²) in [5, 5.41) is 11.2. The molecule has 0 aliphatic heterocycles. The van der Waals surface area contributed by atoms with Crippen LogP contribution in [0.1, 0.15) is 22.5 Å². The fourth-order valence-corrected chi connectivity index (χ4v) is 4.00. The van der Waals surface area contributed by atoms with E-state index in [1.165, 1.54) is 0 Å². The van der Waals surface area contributed by atoms with E-state index in [9.17, 15) is 4.79 Å². The third-order valence-electron chi connectivity index (χ3n) is 4.70. The Morgan fingerprint density at radius 1 is 1.00 bits per heavy atom. The zero-order valence-electron chi connectivity index (χ0n) is 17.9. The Kier molecular flexibility index (Phi) is 6.81. The first kappa shape index (κ1) is 21.6. The molecule has 0 spiro atoms. The van der Waals surface area contributed by atoms with Crippen LogP contribution in [0.25, 0.3) is 5.82 Å². The van der Waals surface area contributed by atoms with Crippen LogP contribution in [-0.2, 0) is 12.3 Å². The van der Waals surface area contributed by atoms with E-state index in [-0.39, 0.29) is 6.03 Å². The van der Waals surface area contributed by atoms with Gasteiger partial charge in [-0.2, -0.15) is 5.10 Å². The molecule has 3 heterocycles. The maximum absolute atomic E-state index is 12.3. The lowest BCUT2D eigenvalue weighted by Crippen LogP contribution is -2.28. The second-order valence-electron chi connectivity index (χ2n) is 7.33. The van der Waals surface area contributed by atoms with Crippen molar-refractivity contribution in [3.05, 3.63) is 95.6 Å². The van der Waals surface area contributed by atoms with Gasteiger partial charge in [-0.15, -0.1) is 11.8 Å². The number of aryl methyl sites for hydroxylation is 2. The van der Waals surface area contributed by atoms with Crippen molar-refractivity contribution in [1.29, 1.82) is 0 Å². The van der Waals surface area contributed by atoms with Gasteiger partial charge < -0.3 is 10.6 Å². The summed E-state index contributed by atoms with van der Waals surface area (Å²) in [7, 11) is 0. The van der Waals surface area contributed by atoms with Gasteiger partial charge in [-0.05, 0) is 61.4 Å². The number of amides is 2. The summed E-state index contributed by atoms with van der Waals surface area (Å²) in [6.45, 7) is 4.33. The quantitative estimate of drug-likeness (QED) is 0.396. The molecule has 4 rings (SSSR count). The first-order chi connectivity index (χ1) is 15.6. The van der Waals surface area contributed by atoms with Crippen LogP contribution in [0.2, 0.25) is 0 Å². The van der Waals surface area contributed by atoms with Crippen molar-refractivity contribution in [1.82, 2.24) is 25.1 Å². The Bertz CT molecular complexity index is 1190. The fourth-order valence-electron chi connectivity index (χ4n) is 3.19. The summed E-state index contributed by atoms with van der Waals surface area (Å²) in [6.07, 6.45) is 3.54. The molecule has 0 bridgehead atoms. The number of pyridine rings is 2. The van der Waals surface area contributed by atoms with Gasteiger partial charge in [0.25, 0.3) is 0 Å². The highest BCUT2D eigenvalue weighted by atomic mass is 32.2. The van der Waals surface area contributed by atoms with Crippen LogP contribution in [-0.4, -0.2) is 25.8 Å². The molecule has 0 radical (unpaired) electrons. The lowest BCUT2D eigenvalue weighted by Gasteiger charge is -2.10. The van der Waals surface area contributed by atoms with Gasteiger partial charge in [0.1, 0.15) is 0 Å². The predicted octanol–water partition coefficient (Wildman–Crippen LogP) is 4.89. The molecule has 2 N–H and O–H groups in total. The van der Waals surface area contributed by atoms with Crippen molar-refractivity contribution in [2.24, 2.45) is 0 Å². The van der Waals surface area contributed by atoms with Crippen LogP contribution in [0.4, 0.5) is 10.5 Å². The number of anilines is 1. The van der Waals surface area contributed by atoms with Gasteiger partial charge >= 0.3 is 6.03 Å². The zero-order chi connectivity index (χ0) is 22.3. The summed E-state index contributed by atoms with van der Waals surface area (Å²) in [4.78, 5) is 21.1. The van der Waals surface area contributed by atoms with Crippen LogP contribution in [0.5, 0.6) is 0 Å². The van der Waals surface area contributed by atoms with Crippen molar-refractivity contribution in [3.63, 3.8) is 0 Å². The van der Waals surface area contributed by atoms with Gasteiger partial charge in [0.15, 0.2) is 5.82 Å². The van der Waals surface area contributed by atoms with Gasteiger partial charge in [-0.25, -0.2) is 19.4 Å². The fraction of sp³-hybridized carbons (Fsp3) is 0.167. The Morgan fingerprint density at radius 3 is 2.62 bits per heavy atom. The first-order valence-corrected chi connectivity index (χ1v) is 11.2. The average Bonchev–Trinajstić information content (AvgIpc) is 3.15. The molecule has 162 valence electrons. The van der Waals surface area contributed by atoms with E-state index in [1.54, 1.807) is 28.8 Å². The Hall–Kier alpha value is -3.65. The van der Waals surface area contributed by atoms with Crippen molar-refractivity contribution in [2.75, 3.05) is 5.32 Å². The number of rotatable bonds is 7. The smallest absolute Gasteiger partial charge is 0.319 e. The minimum absolute atomic E-state index is 0.262. The number of aromatic nitrogens is 4. The van der Waals surface area contributed by atoms with Crippen molar-refractivity contribution >= 4 is 23.5 Å². The first-order valence-electron chi connectivity index (χ1n) is 10.2. The molecule has 7 nitrogen and oxygen atoms in total. The van der Waals surface area contributed by atoms with Gasteiger partial charge in [0.05, 0.1) is 10.7 Å². The number of urea groups is 1. The molecule has 0 fully saturated rings. The summed E-state index contributed by atoms with van der Waals surface area (Å²) >= 11 is 1.66.